The fourth-order valence-corrected chi connectivity index (χ4v) is 3.30. The molecule has 2 atom stereocenters. The zero-order valence-electron chi connectivity index (χ0n) is 10.3. The van der Waals surface area contributed by atoms with Crippen molar-refractivity contribution in [3.63, 3.8) is 0 Å². The topological polar surface area (TPSA) is 59.2 Å². The number of rotatable bonds is 5. The molecule has 4 nitrogen and oxygen atoms in total. The van der Waals surface area contributed by atoms with E-state index in [1.165, 1.54) is 18.6 Å². The molecular weight excluding hydrogens is 236 g/mol. The van der Waals surface area contributed by atoms with Crippen LogP contribution in [0.1, 0.15) is 56.0 Å². The van der Waals surface area contributed by atoms with Crippen LogP contribution in [0.15, 0.2) is 4.52 Å². The Bertz CT molecular complexity index is 337. The molecule has 1 fully saturated rings. The highest BCUT2D eigenvalue weighted by molar-refractivity contribution is 7.99. The summed E-state index contributed by atoms with van der Waals surface area (Å²) in [5.74, 6) is 2.58. The molecule has 0 radical (unpaired) electrons. The summed E-state index contributed by atoms with van der Waals surface area (Å²) in [7, 11) is 0. The summed E-state index contributed by atoms with van der Waals surface area (Å²) in [6.07, 6.45) is 5.57. The van der Waals surface area contributed by atoms with E-state index in [0.717, 1.165) is 25.1 Å². The molecule has 2 rings (SSSR count). The van der Waals surface area contributed by atoms with Crippen molar-refractivity contribution in [1.29, 1.82) is 0 Å². The summed E-state index contributed by atoms with van der Waals surface area (Å²) in [5.41, 5.74) is 0. The predicted molar refractivity (Wildman–Crippen MR) is 68.0 cm³/mol. The highest BCUT2D eigenvalue weighted by Crippen LogP contribution is 2.36. The highest BCUT2D eigenvalue weighted by Gasteiger charge is 2.22. The summed E-state index contributed by atoms with van der Waals surface area (Å²) >= 11 is 1.91. The molecule has 2 heterocycles. The van der Waals surface area contributed by atoms with Crippen molar-refractivity contribution in [3.8, 4) is 0 Å². The lowest BCUT2D eigenvalue weighted by Gasteiger charge is -2.17. The van der Waals surface area contributed by atoms with Gasteiger partial charge in [-0.05, 0) is 25.0 Å². The SMILES string of the molecule is CCCC(O)Cc1nc(C2CCCCS2)no1. The smallest absolute Gasteiger partial charge is 0.229 e. The van der Waals surface area contributed by atoms with Gasteiger partial charge in [-0.1, -0.05) is 24.9 Å². The lowest BCUT2D eigenvalue weighted by atomic mass is 10.1. The normalized spacial score (nSPS) is 22.6. The summed E-state index contributed by atoms with van der Waals surface area (Å²) in [4.78, 5) is 4.40. The second-order valence-electron chi connectivity index (χ2n) is 4.55. The van der Waals surface area contributed by atoms with Gasteiger partial charge in [-0.25, -0.2) is 0 Å². The van der Waals surface area contributed by atoms with Crippen LogP contribution in [0.3, 0.4) is 0 Å². The third-order valence-electron chi connectivity index (χ3n) is 2.98. The minimum Gasteiger partial charge on any atom is -0.393 e. The molecule has 0 amide bonds. The maximum atomic E-state index is 9.69. The Balaban J connectivity index is 1.90. The van der Waals surface area contributed by atoms with Crippen LogP contribution in [0.2, 0.25) is 0 Å². The maximum absolute atomic E-state index is 9.69. The van der Waals surface area contributed by atoms with Gasteiger partial charge in [0.25, 0.3) is 0 Å². The quantitative estimate of drug-likeness (QED) is 0.877. The van der Waals surface area contributed by atoms with Crippen LogP contribution in [0, 0.1) is 0 Å². The fraction of sp³-hybridized carbons (Fsp3) is 0.833. The Kier molecular flexibility index (Phi) is 4.86. The monoisotopic (exact) mass is 256 g/mol. The van der Waals surface area contributed by atoms with Gasteiger partial charge in [0.1, 0.15) is 0 Å². The van der Waals surface area contributed by atoms with E-state index in [1.54, 1.807) is 0 Å². The number of hydrogen-bond acceptors (Lipinski definition) is 5. The molecule has 0 saturated carbocycles. The first-order valence-electron chi connectivity index (χ1n) is 6.41. The van der Waals surface area contributed by atoms with Crippen molar-refractivity contribution in [1.82, 2.24) is 10.1 Å². The van der Waals surface area contributed by atoms with Gasteiger partial charge in [-0.15, -0.1) is 0 Å². The molecule has 2 unspecified atom stereocenters. The molecule has 1 N–H and O–H groups in total. The lowest BCUT2D eigenvalue weighted by molar-refractivity contribution is 0.151. The number of nitrogens with zero attached hydrogens (tertiary/aromatic N) is 2. The van der Waals surface area contributed by atoms with Gasteiger partial charge < -0.3 is 9.63 Å². The first-order chi connectivity index (χ1) is 8.29. The van der Waals surface area contributed by atoms with Crippen molar-refractivity contribution < 1.29 is 9.63 Å². The van der Waals surface area contributed by atoms with E-state index in [2.05, 4.69) is 17.1 Å². The average Bonchev–Trinajstić information content (AvgIpc) is 2.79. The Morgan fingerprint density at radius 2 is 2.41 bits per heavy atom. The first-order valence-corrected chi connectivity index (χ1v) is 7.46. The van der Waals surface area contributed by atoms with E-state index in [0.29, 0.717) is 17.6 Å². The van der Waals surface area contributed by atoms with E-state index in [4.69, 9.17) is 4.52 Å². The van der Waals surface area contributed by atoms with Crippen molar-refractivity contribution in [3.05, 3.63) is 11.7 Å². The van der Waals surface area contributed by atoms with Crippen LogP contribution in [-0.4, -0.2) is 27.1 Å². The Hall–Kier alpha value is -0.550. The molecule has 0 bridgehead atoms. The van der Waals surface area contributed by atoms with Crippen LogP contribution in [0.25, 0.3) is 0 Å². The number of aliphatic hydroxyl groups is 1. The van der Waals surface area contributed by atoms with E-state index in [9.17, 15) is 5.11 Å². The van der Waals surface area contributed by atoms with Gasteiger partial charge in [0.05, 0.1) is 17.8 Å². The molecule has 96 valence electrons. The van der Waals surface area contributed by atoms with Gasteiger partial charge in [0.2, 0.25) is 5.89 Å². The number of aliphatic hydroxyl groups excluding tert-OH is 1. The second-order valence-corrected chi connectivity index (χ2v) is 5.86. The Labute approximate surface area is 106 Å². The number of aromatic nitrogens is 2. The molecule has 1 aliphatic rings. The minimum atomic E-state index is -0.354. The molecule has 1 saturated heterocycles. The molecule has 17 heavy (non-hydrogen) atoms. The molecule has 1 aromatic heterocycles. The van der Waals surface area contributed by atoms with Crippen LogP contribution in [0.4, 0.5) is 0 Å². The first kappa shape index (κ1) is 12.9. The summed E-state index contributed by atoms with van der Waals surface area (Å²) in [5, 5.41) is 14.1. The van der Waals surface area contributed by atoms with Gasteiger partial charge in [0, 0.05) is 0 Å². The van der Waals surface area contributed by atoms with E-state index in [-0.39, 0.29) is 6.10 Å². The van der Waals surface area contributed by atoms with Gasteiger partial charge in [0.15, 0.2) is 5.82 Å². The van der Waals surface area contributed by atoms with Gasteiger partial charge >= 0.3 is 0 Å². The largest absolute Gasteiger partial charge is 0.393 e. The third-order valence-corrected chi connectivity index (χ3v) is 4.36. The van der Waals surface area contributed by atoms with Crippen molar-refractivity contribution >= 4 is 11.8 Å². The molecular formula is C12H20N2O2S. The summed E-state index contributed by atoms with van der Waals surface area (Å²) < 4.78 is 5.20. The lowest BCUT2D eigenvalue weighted by Crippen LogP contribution is -2.10. The van der Waals surface area contributed by atoms with Crippen molar-refractivity contribution in [2.75, 3.05) is 5.75 Å². The Morgan fingerprint density at radius 3 is 3.12 bits per heavy atom. The zero-order valence-corrected chi connectivity index (χ0v) is 11.1. The van der Waals surface area contributed by atoms with Gasteiger partial charge in [-0.3, -0.25) is 0 Å². The molecule has 0 aromatic carbocycles. The average molecular weight is 256 g/mol. The molecule has 5 heteroatoms. The van der Waals surface area contributed by atoms with E-state index >= 15 is 0 Å². The summed E-state index contributed by atoms with van der Waals surface area (Å²) in [6.45, 7) is 2.06. The molecule has 0 aliphatic carbocycles. The van der Waals surface area contributed by atoms with Crippen LogP contribution in [0.5, 0.6) is 0 Å². The maximum Gasteiger partial charge on any atom is 0.229 e. The third kappa shape index (κ3) is 3.71. The van der Waals surface area contributed by atoms with E-state index < -0.39 is 0 Å². The summed E-state index contributed by atoms with van der Waals surface area (Å²) in [6, 6.07) is 0. The van der Waals surface area contributed by atoms with E-state index in [1.807, 2.05) is 11.8 Å². The zero-order chi connectivity index (χ0) is 12.1. The molecule has 1 aromatic rings. The van der Waals surface area contributed by atoms with Crippen LogP contribution >= 0.6 is 11.8 Å². The highest BCUT2D eigenvalue weighted by atomic mass is 32.2. The standard InChI is InChI=1S/C12H20N2O2S/c1-2-5-9(15)8-11-13-12(14-16-11)10-6-3-4-7-17-10/h9-10,15H,2-8H2,1H3. The minimum absolute atomic E-state index is 0.354. The molecule has 0 spiro atoms. The van der Waals surface area contributed by atoms with Crippen LogP contribution in [-0.2, 0) is 6.42 Å². The van der Waals surface area contributed by atoms with Gasteiger partial charge in [-0.2, -0.15) is 16.7 Å². The van der Waals surface area contributed by atoms with Crippen molar-refractivity contribution in [2.45, 2.75) is 56.8 Å². The number of hydrogen-bond donors (Lipinski definition) is 1. The molecule has 1 aliphatic heterocycles. The van der Waals surface area contributed by atoms with Crippen molar-refractivity contribution in [2.24, 2.45) is 0 Å². The predicted octanol–water partition coefficient (Wildman–Crippen LogP) is 2.73. The van der Waals surface area contributed by atoms with Crippen LogP contribution < -0.4 is 0 Å². The Morgan fingerprint density at radius 1 is 1.53 bits per heavy atom. The number of thioether (sulfide) groups is 1. The fourth-order valence-electron chi connectivity index (χ4n) is 2.06. The second kappa shape index (κ2) is 6.40.